The van der Waals surface area contributed by atoms with Crippen molar-refractivity contribution >= 4 is 17.6 Å². The average molecular weight is 370 g/mol. The summed E-state index contributed by atoms with van der Waals surface area (Å²) in [5.41, 5.74) is 2.88. The van der Waals surface area contributed by atoms with Crippen LogP contribution < -0.4 is 0 Å². The molecule has 3 aromatic rings. The van der Waals surface area contributed by atoms with Gasteiger partial charge in [0, 0.05) is 6.42 Å². The fourth-order valence-electron chi connectivity index (χ4n) is 2.79. The van der Waals surface area contributed by atoms with Crippen molar-refractivity contribution in [2.75, 3.05) is 0 Å². The van der Waals surface area contributed by atoms with Gasteiger partial charge in [0.15, 0.2) is 5.82 Å². The van der Waals surface area contributed by atoms with Crippen molar-refractivity contribution in [3.8, 4) is 11.1 Å². The number of carboxylic acid groups (broad SMARTS) is 1. The third-order valence-corrected chi connectivity index (χ3v) is 4.46. The monoisotopic (exact) mass is 369 g/mol. The van der Waals surface area contributed by atoms with Gasteiger partial charge >= 0.3 is 5.97 Å². The zero-order valence-corrected chi connectivity index (χ0v) is 15.3. The summed E-state index contributed by atoms with van der Waals surface area (Å²) in [6, 6.07) is 14.7. The van der Waals surface area contributed by atoms with E-state index >= 15 is 0 Å². The van der Waals surface area contributed by atoms with Crippen molar-refractivity contribution in [3.63, 3.8) is 0 Å². The molecule has 0 aliphatic carbocycles. The highest BCUT2D eigenvalue weighted by Crippen LogP contribution is 2.24. The van der Waals surface area contributed by atoms with Crippen LogP contribution in [0.3, 0.4) is 0 Å². The molecule has 6 heteroatoms. The van der Waals surface area contributed by atoms with E-state index in [1.807, 2.05) is 36.4 Å². The van der Waals surface area contributed by atoms with E-state index in [-0.39, 0.29) is 0 Å². The summed E-state index contributed by atoms with van der Waals surface area (Å²) >= 11 is 6.18. The first-order chi connectivity index (χ1) is 12.6. The topological polar surface area (TPSA) is 68.0 Å². The molecule has 1 heterocycles. The van der Waals surface area contributed by atoms with Crippen molar-refractivity contribution in [1.82, 2.24) is 14.8 Å². The van der Waals surface area contributed by atoms with E-state index in [0.29, 0.717) is 23.0 Å². The van der Waals surface area contributed by atoms with Gasteiger partial charge in [0.25, 0.3) is 0 Å². The van der Waals surface area contributed by atoms with Crippen LogP contribution in [-0.4, -0.2) is 25.8 Å². The standard InChI is InChI=1S/C20H20ClN3O2/c1-2-3-8-18-22-20(21)24(23-18)13-14-9-11-15(12-10-14)16-6-4-5-7-17(16)19(25)26/h4-7,9-12H,2-3,8,13H2,1H3,(H,25,26). The number of halogens is 1. The Hall–Kier alpha value is -2.66. The van der Waals surface area contributed by atoms with Crippen LogP contribution in [0.5, 0.6) is 0 Å². The van der Waals surface area contributed by atoms with E-state index in [9.17, 15) is 9.90 Å². The number of aromatic carboxylic acids is 1. The Labute approximate surface area is 157 Å². The fraction of sp³-hybridized carbons (Fsp3) is 0.250. The molecular formula is C20H20ClN3O2. The Morgan fingerprint density at radius 3 is 2.58 bits per heavy atom. The Morgan fingerprint density at radius 1 is 1.15 bits per heavy atom. The van der Waals surface area contributed by atoms with Gasteiger partial charge in [-0.1, -0.05) is 55.8 Å². The van der Waals surface area contributed by atoms with Crippen molar-refractivity contribution in [2.24, 2.45) is 0 Å². The van der Waals surface area contributed by atoms with Crippen LogP contribution >= 0.6 is 11.6 Å². The second-order valence-corrected chi connectivity index (χ2v) is 6.44. The van der Waals surface area contributed by atoms with Crippen molar-refractivity contribution < 1.29 is 9.90 Å². The van der Waals surface area contributed by atoms with Crippen LogP contribution in [0.15, 0.2) is 48.5 Å². The van der Waals surface area contributed by atoms with E-state index in [1.165, 1.54) is 0 Å². The summed E-state index contributed by atoms with van der Waals surface area (Å²) in [5, 5.41) is 14.2. The van der Waals surface area contributed by atoms with E-state index < -0.39 is 5.97 Å². The van der Waals surface area contributed by atoms with Gasteiger partial charge in [0.1, 0.15) is 0 Å². The molecule has 0 unspecified atom stereocenters. The maximum Gasteiger partial charge on any atom is 0.336 e. The smallest absolute Gasteiger partial charge is 0.336 e. The molecule has 0 saturated carbocycles. The summed E-state index contributed by atoms with van der Waals surface area (Å²) in [7, 11) is 0. The van der Waals surface area contributed by atoms with E-state index in [2.05, 4.69) is 17.0 Å². The molecule has 0 fully saturated rings. The van der Waals surface area contributed by atoms with Gasteiger partial charge < -0.3 is 5.11 Å². The van der Waals surface area contributed by atoms with Gasteiger partial charge in [-0.25, -0.2) is 14.5 Å². The second-order valence-electron chi connectivity index (χ2n) is 6.11. The molecule has 0 radical (unpaired) electrons. The molecule has 26 heavy (non-hydrogen) atoms. The maximum absolute atomic E-state index is 11.4. The Bertz CT molecular complexity index is 904. The molecule has 0 aliphatic heterocycles. The van der Waals surface area contributed by atoms with E-state index in [0.717, 1.165) is 36.2 Å². The molecule has 2 aromatic carbocycles. The van der Waals surface area contributed by atoms with Gasteiger partial charge in [0.2, 0.25) is 5.28 Å². The number of carboxylic acids is 1. The molecule has 0 atom stereocenters. The summed E-state index contributed by atoms with van der Waals surface area (Å²) in [4.78, 5) is 15.7. The van der Waals surface area contributed by atoms with E-state index in [1.54, 1.807) is 16.8 Å². The lowest BCUT2D eigenvalue weighted by Crippen LogP contribution is -2.03. The zero-order valence-electron chi connectivity index (χ0n) is 14.5. The molecule has 0 bridgehead atoms. The van der Waals surface area contributed by atoms with Gasteiger partial charge in [-0.3, -0.25) is 0 Å². The summed E-state index contributed by atoms with van der Waals surface area (Å²) < 4.78 is 1.69. The van der Waals surface area contributed by atoms with Gasteiger partial charge in [0.05, 0.1) is 12.1 Å². The molecule has 0 amide bonds. The van der Waals surface area contributed by atoms with Gasteiger partial charge in [-0.05, 0) is 40.8 Å². The molecule has 0 saturated heterocycles. The molecule has 1 N–H and O–H groups in total. The van der Waals surface area contributed by atoms with E-state index in [4.69, 9.17) is 11.6 Å². The SMILES string of the molecule is CCCCc1nc(Cl)n(Cc2ccc(-c3ccccc3C(=O)O)cc2)n1. The number of unbranched alkanes of at least 4 members (excludes halogenated alkanes) is 1. The summed E-state index contributed by atoms with van der Waals surface area (Å²) in [6.07, 6.45) is 2.96. The number of aryl methyl sites for hydroxylation is 1. The summed E-state index contributed by atoms with van der Waals surface area (Å²) in [5.74, 6) is -0.164. The zero-order chi connectivity index (χ0) is 18.5. The number of nitrogens with zero attached hydrogens (tertiary/aromatic N) is 3. The molecule has 0 aliphatic rings. The van der Waals surface area contributed by atoms with Gasteiger partial charge in [-0.2, -0.15) is 5.10 Å². The fourth-order valence-corrected chi connectivity index (χ4v) is 2.99. The average Bonchev–Trinajstić information content (AvgIpc) is 3.00. The predicted octanol–water partition coefficient (Wildman–Crippen LogP) is 4.69. The van der Waals surface area contributed by atoms with Gasteiger partial charge in [-0.15, -0.1) is 0 Å². The highest BCUT2D eigenvalue weighted by Gasteiger charge is 2.11. The molecule has 3 rings (SSSR count). The number of benzene rings is 2. The first kappa shape index (κ1) is 18.1. The molecule has 0 spiro atoms. The highest BCUT2D eigenvalue weighted by atomic mass is 35.5. The second kappa shape index (κ2) is 8.15. The lowest BCUT2D eigenvalue weighted by Gasteiger charge is -2.08. The minimum Gasteiger partial charge on any atom is -0.478 e. The predicted molar refractivity (Wildman–Crippen MR) is 102 cm³/mol. The number of carbonyl (C=O) groups is 1. The summed E-state index contributed by atoms with van der Waals surface area (Å²) in [6.45, 7) is 2.65. The van der Waals surface area contributed by atoms with Crippen molar-refractivity contribution in [3.05, 3.63) is 70.8 Å². The van der Waals surface area contributed by atoms with Crippen LogP contribution in [0.1, 0.15) is 41.5 Å². The van der Waals surface area contributed by atoms with Crippen molar-refractivity contribution in [2.45, 2.75) is 32.7 Å². The quantitative estimate of drug-likeness (QED) is 0.656. The van der Waals surface area contributed by atoms with Crippen molar-refractivity contribution in [1.29, 1.82) is 0 Å². The largest absolute Gasteiger partial charge is 0.478 e. The highest BCUT2D eigenvalue weighted by molar-refractivity contribution is 6.28. The van der Waals surface area contributed by atoms with Crippen LogP contribution in [0.2, 0.25) is 5.28 Å². The first-order valence-corrected chi connectivity index (χ1v) is 8.97. The molecular weight excluding hydrogens is 350 g/mol. The van der Waals surface area contributed by atoms with Crippen LogP contribution in [0.4, 0.5) is 0 Å². The van der Waals surface area contributed by atoms with Crippen LogP contribution in [0.25, 0.3) is 11.1 Å². The Morgan fingerprint density at radius 2 is 1.88 bits per heavy atom. The lowest BCUT2D eigenvalue weighted by molar-refractivity contribution is 0.0697. The third kappa shape index (κ3) is 4.11. The molecule has 1 aromatic heterocycles. The minimum absolute atomic E-state index is 0.292. The number of hydrogen-bond donors (Lipinski definition) is 1. The van der Waals surface area contributed by atoms with Crippen LogP contribution in [-0.2, 0) is 13.0 Å². The minimum atomic E-state index is -0.932. The molecule has 5 nitrogen and oxygen atoms in total. The number of aromatic nitrogens is 3. The third-order valence-electron chi connectivity index (χ3n) is 4.18. The molecule has 134 valence electrons. The lowest BCUT2D eigenvalue weighted by atomic mass is 9.99. The Kier molecular flexibility index (Phi) is 5.68. The number of rotatable bonds is 7. The Balaban J connectivity index is 1.79. The maximum atomic E-state index is 11.4. The number of hydrogen-bond acceptors (Lipinski definition) is 3. The van der Waals surface area contributed by atoms with Crippen LogP contribution in [0, 0.1) is 0 Å². The normalized spacial score (nSPS) is 10.8. The first-order valence-electron chi connectivity index (χ1n) is 8.59.